The minimum atomic E-state index is -0.890. The number of nitrogens with one attached hydrogen (secondary N) is 1. The zero-order valence-electron chi connectivity index (χ0n) is 12.4. The molecule has 122 valence electrons. The fraction of sp³-hybridized carbons (Fsp3) is 0.308. The molecular weight excluding hydrogens is 340 g/mol. The van der Waals surface area contributed by atoms with E-state index < -0.39 is 17.2 Å². The number of tetrazole rings is 1. The van der Waals surface area contributed by atoms with Gasteiger partial charge in [0.25, 0.3) is 0 Å². The summed E-state index contributed by atoms with van der Waals surface area (Å²) in [5, 5.41) is 14.0. The monoisotopic (exact) mass is 354 g/mol. The fourth-order valence-corrected chi connectivity index (χ4v) is 2.91. The van der Waals surface area contributed by atoms with Crippen LogP contribution >= 0.6 is 23.4 Å². The summed E-state index contributed by atoms with van der Waals surface area (Å²) in [5.41, 5.74) is 5.71. The van der Waals surface area contributed by atoms with Gasteiger partial charge < -0.3 is 5.73 Å². The third kappa shape index (κ3) is 4.42. The smallest absolute Gasteiger partial charge is 0.318 e. The third-order valence-corrected chi connectivity index (χ3v) is 4.58. The van der Waals surface area contributed by atoms with E-state index in [9.17, 15) is 9.59 Å². The molecule has 0 saturated carbocycles. The highest BCUT2D eigenvalue weighted by Gasteiger charge is 2.27. The van der Waals surface area contributed by atoms with E-state index in [-0.39, 0.29) is 5.92 Å². The van der Waals surface area contributed by atoms with Crippen molar-refractivity contribution in [3.05, 3.63) is 29.3 Å². The second kappa shape index (κ2) is 7.42. The number of nitrogens with two attached hydrogens (primary N) is 1. The van der Waals surface area contributed by atoms with Crippen LogP contribution in [-0.2, 0) is 4.79 Å². The molecule has 0 radical (unpaired) electrons. The molecule has 0 bridgehead atoms. The van der Waals surface area contributed by atoms with Crippen LogP contribution in [0.25, 0.3) is 5.69 Å². The van der Waals surface area contributed by atoms with E-state index in [0.717, 1.165) is 11.8 Å². The van der Waals surface area contributed by atoms with Gasteiger partial charge in [0.05, 0.1) is 10.9 Å². The number of benzene rings is 1. The number of aromatic nitrogens is 4. The Hall–Kier alpha value is -2.13. The minimum absolute atomic E-state index is 0.0604. The number of halogens is 1. The van der Waals surface area contributed by atoms with Crippen LogP contribution in [0.15, 0.2) is 29.4 Å². The van der Waals surface area contributed by atoms with Crippen LogP contribution in [0.2, 0.25) is 5.02 Å². The van der Waals surface area contributed by atoms with Crippen LogP contribution in [0.3, 0.4) is 0 Å². The molecule has 0 spiro atoms. The molecule has 0 fully saturated rings. The first-order chi connectivity index (χ1) is 10.9. The number of hydrogen-bond donors (Lipinski definition) is 2. The van der Waals surface area contributed by atoms with Crippen molar-refractivity contribution >= 4 is 35.3 Å². The summed E-state index contributed by atoms with van der Waals surface area (Å²) in [7, 11) is 0. The lowest BCUT2D eigenvalue weighted by atomic mass is 10.1. The Morgan fingerprint density at radius 2 is 1.96 bits per heavy atom. The lowest BCUT2D eigenvalue weighted by Gasteiger charge is -2.18. The molecule has 0 aliphatic heterocycles. The quantitative estimate of drug-likeness (QED) is 0.788. The van der Waals surface area contributed by atoms with Crippen molar-refractivity contribution in [1.82, 2.24) is 25.5 Å². The van der Waals surface area contributed by atoms with Gasteiger partial charge in [-0.2, -0.15) is 4.68 Å². The molecule has 0 saturated heterocycles. The zero-order valence-corrected chi connectivity index (χ0v) is 14.0. The van der Waals surface area contributed by atoms with Crippen molar-refractivity contribution in [2.45, 2.75) is 24.3 Å². The summed E-state index contributed by atoms with van der Waals surface area (Å²) in [6.07, 6.45) is 0. The highest BCUT2D eigenvalue weighted by atomic mass is 35.5. The number of imide groups is 1. The summed E-state index contributed by atoms with van der Waals surface area (Å²) < 4.78 is 1.49. The van der Waals surface area contributed by atoms with Crippen molar-refractivity contribution in [1.29, 1.82) is 0 Å². The van der Waals surface area contributed by atoms with Crippen LogP contribution in [0, 0.1) is 5.92 Å². The number of amides is 3. The first-order valence-corrected chi connectivity index (χ1v) is 7.95. The highest BCUT2D eigenvalue weighted by molar-refractivity contribution is 8.00. The van der Waals surface area contributed by atoms with Gasteiger partial charge in [0.15, 0.2) is 0 Å². The normalized spacial score (nSPS) is 12.2. The Bertz CT molecular complexity index is 703. The topological polar surface area (TPSA) is 116 Å². The van der Waals surface area contributed by atoms with E-state index in [1.807, 2.05) is 13.8 Å². The van der Waals surface area contributed by atoms with Gasteiger partial charge in [0, 0.05) is 5.02 Å². The second-order valence-electron chi connectivity index (χ2n) is 4.99. The molecule has 0 aliphatic rings. The number of primary amides is 1. The molecule has 1 aromatic carbocycles. The summed E-state index contributed by atoms with van der Waals surface area (Å²) in [6, 6.07) is 6.06. The van der Waals surface area contributed by atoms with Crippen LogP contribution in [0.1, 0.15) is 13.8 Å². The van der Waals surface area contributed by atoms with Crippen LogP contribution in [-0.4, -0.2) is 37.4 Å². The van der Waals surface area contributed by atoms with Gasteiger partial charge in [-0.1, -0.05) is 37.2 Å². The lowest BCUT2D eigenvalue weighted by molar-refractivity contribution is -0.120. The molecule has 3 N–H and O–H groups in total. The lowest BCUT2D eigenvalue weighted by Crippen LogP contribution is -2.42. The fourth-order valence-electron chi connectivity index (χ4n) is 1.80. The van der Waals surface area contributed by atoms with Gasteiger partial charge in [-0.25, -0.2) is 4.79 Å². The van der Waals surface area contributed by atoms with E-state index in [2.05, 4.69) is 20.8 Å². The van der Waals surface area contributed by atoms with Crippen LogP contribution < -0.4 is 11.1 Å². The Morgan fingerprint density at radius 3 is 2.52 bits per heavy atom. The van der Waals surface area contributed by atoms with Gasteiger partial charge in [0.2, 0.25) is 11.1 Å². The van der Waals surface area contributed by atoms with E-state index in [0.29, 0.717) is 15.9 Å². The average Bonchev–Trinajstić information content (AvgIpc) is 2.92. The number of carbonyl (C=O) groups excluding carboxylic acids is 2. The molecule has 8 nitrogen and oxygen atoms in total. The van der Waals surface area contributed by atoms with Crippen molar-refractivity contribution in [2.24, 2.45) is 11.7 Å². The third-order valence-electron chi connectivity index (χ3n) is 2.85. The molecule has 0 aliphatic carbocycles. The largest absolute Gasteiger partial charge is 0.351 e. The Balaban J connectivity index is 2.25. The van der Waals surface area contributed by atoms with Crippen molar-refractivity contribution < 1.29 is 9.59 Å². The maximum atomic E-state index is 12.1. The Labute approximate surface area is 141 Å². The van der Waals surface area contributed by atoms with Gasteiger partial charge in [-0.05, 0) is 40.6 Å². The van der Waals surface area contributed by atoms with Crippen molar-refractivity contribution in [2.75, 3.05) is 0 Å². The number of hydrogen-bond acceptors (Lipinski definition) is 6. The van der Waals surface area contributed by atoms with E-state index in [1.54, 1.807) is 24.3 Å². The Morgan fingerprint density at radius 1 is 1.30 bits per heavy atom. The average molecular weight is 355 g/mol. The first kappa shape index (κ1) is 17.2. The van der Waals surface area contributed by atoms with Crippen molar-refractivity contribution in [3.63, 3.8) is 0 Å². The van der Waals surface area contributed by atoms with Gasteiger partial charge in [-0.15, -0.1) is 5.10 Å². The summed E-state index contributed by atoms with van der Waals surface area (Å²) >= 11 is 7.02. The number of carbonyl (C=O) groups is 2. The molecule has 1 aromatic heterocycles. The van der Waals surface area contributed by atoms with E-state index in [1.165, 1.54) is 4.68 Å². The maximum Gasteiger partial charge on any atom is 0.318 e. The molecule has 2 aromatic rings. The standard InChI is InChI=1S/C13H15ClN6O2S/c1-7(2)10(11(21)16-12(15)22)23-13-17-18-19-20(13)9-5-3-8(14)4-6-9/h3-7,10H,1-2H3,(H3,15,16,21,22)/t10-/m0/s1. The molecule has 3 amide bonds. The number of rotatable bonds is 5. The number of thioether (sulfide) groups is 1. The van der Waals surface area contributed by atoms with Crippen LogP contribution in [0.4, 0.5) is 4.79 Å². The van der Waals surface area contributed by atoms with E-state index >= 15 is 0 Å². The maximum absolute atomic E-state index is 12.1. The molecule has 10 heteroatoms. The molecular formula is C13H15ClN6O2S. The zero-order chi connectivity index (χ0) is 17.0. The number of nitrogens with zero attached hydrogens (tertiary/aromatic N) is 4. The van der Waals surface area contributed by atoms with Gasteiger partial charge >= 0.3 is 6.03 Å². The second-order valence-corrected chi connectivity index (χ2v) is 6.53. The SMILES string of the molecule is CC(C)[C@H](Sc1nnnn1-c1ccc(Cl)cc1)C(=O)NC(N)=O. The number of urea groups is 1. The molecule has 1 atom stereocenters. The molecule has 23 heavy (non-hydrogen) atoms. The Kier molecular flexibility index (Phi) is 5.56. The van der Waals surface area contributed by atoms with E-state index in [4.69, 9.17) is 17.3 Å². The summed E-state index contributed by atoms with van der Waals surface area (Å²) in [4.78, 5) is 23.0. The van der Waals surface area contributed by atoms with Crippen molar-refractivity contribution in [3.8, 4) is 5.69 Å². The highest BCUT2D eigenvalue weighted by Crippen LogP contribution is 2.28. The van der Waals surface area contributed by atoms with Crippen LogP contribution in [0.5, 0.6) is 0 Å². The molecule has 2 rings (SSSR count). The summed E-state index contributed by atoms with van der Waals surface area (Å²) in [6.45, 7) is 3.71. The predicted molar refractivity (Wildman–Crippen MR) is 86.4 cm³/mol. The minimum Gasteiger partial charge on any atom is -0.351 e. The molecule has 1 heterocycles. The first-order valence-electron chi connectivity index (χ1n) is 6.69. The summed E-state index contributed by atoms with van der Waals surface area (Å²) in [5.74, 6) is -0.544. The predicted octanol–water partition coefficient (Wildman–Crippen LogP) is 1.63. The molecule has 0 unspecified atom stereocenters. The van der Waals surface area contributed by atoms with Gasteiger partial charge in [0.1, 0.15) is 0 Å². The van der Waals surface area contributed by atoms with Gasteiger partial charge in [-0.3, -0.25) is 10.1 Å².